The predicted molar refractivity (Wildman–Crippen MR) is 56.6 cm³/mol. The van der Waals surface area contributed by atoms with Crippen LogP contribution < -0.4 is 11.1 Å². The summed E-state index contributed by atoms with van der Waals surface area (Å²) < 4.78 is 0. The Balaban J connectivity index is 3.17. The van der Waals surface area contributed by atoms with E-state index < -0.39 is 6.03 Å². The average Bonchev–Trinajstić information content (AvgIpc) is 2.05. The maximum atomic E-state index is 10.6. The normalized spacial score (nSPS) is 9.77. The lowest BCUT2D eigenvalue weighted by Crippen LogP contribution is -2.20. The number of amides is 2. The second-order valence-electron chi connectivity index (χ2n) is 2.58. The van der Waals surface area contributed by atoms with Gasteiger partial charge in [0.05, 0.1) is 10.7 Å². The quantitative estimate of drug-likeness (QED) is 0.621. The molecular formula is C8H9ClN2OS. The van der Waals surface area contributed by atoms with Crippen molar-refractivity contribution in [2.24, 2.45) is 5.73 Å². The van der Waals surface area contributed by atoms with Crippen LogP contribution in [0.15, 0.2) is 17.0 Å². The summed E-state index contributed by atoms with van der Waals surface area (Å²) >= 11 is 9.95. The van der Waals surface area contributed by atoms with Crippen molar-refractivity contribution in [2.75, 3.05) is 5.32 Å². The lowest BCUT2D eigenvalue weighted by Gasteiger charge is -2.09. The number of anilines is 1. The molecule has 0 spiro atoms. The first kappa shape index (κ1) is 10.2. The molecule has 2 amide bonds. The van der Waals surface area contributed by atoms with Gasteiger partial charge in [-0.05, 0) is 18.6 Å². The van der Waals surface area contributed by atoms with Crippen LogP contribution in [-0.2, 0) is 0 Å². The highest BCUT2D eigenvalue weighted by Crippen LogP contribution is 2.30. The van der Waals surface area contributed by atoms with Crippen molar-refractivity contribution in [1.82, 2.24) is 0 Å². The van der Waals surface area contributed by atoms with E-state index >= 15 is 0 Å². The molecule has 0 radical (unpaired) electrons. The van der Waals surface area contributed by atoms with Crippen LogP contribution in [0.1, 0.15) is 5.56 Å². The summed E-state index contributed by atoms with van der Waals surface area (Å²) in [6, 6.07) is 2.87. The molecule has 0 aliphatic carbocycles. The molecule has 0 saturated heterocycles. The van der Waals surface area contributed by atoms with Gasteiger partial charge in [-0.15, -0.1) is 12.6 Å². The molecule has 1 aromatic rings. The van der Waals surface area contributed by atoms with Crippen molar-refractivity contribution >= 4 is 35.9 Å². The second kappa shape index (κ2) is 3.89. The molecule has 1 aromatic carbocycles. The molecule has 0 saturated carbocycles. The molecule has 3 N–H and O–H groups in total. The third-order valence-corrected chi connectivity index (χ3v) is 2.50. The average molecular weight is 217 g/mol. The van der Waals surface area contributed by atoms with Gasteiger partial charge in [-0.1, -0.05) is 17.7 Å². The summed E-state index contributed by atoms with van der Waals surface area (Å²) in [6.45, 7) is 1.83. The molecule has 0 unspecified atom stereocenters. The number of carbonyl (C=O) groups is 1. The smallest absolute Gasteiger partial charge is 0.316 e. The monoisotopic (exact) mass is 216 g/mol. The first-order chi connectivity index (χ1) is 6.02. The Morgan fingerprint density at radius 2 is 2.23 bits per heavy atom. The molecule has 0 atom stereocenters. The van der Waals surface area contributed by atoms with Crippen LogP contribution in [0.2, 0.25) is 5.02 Å². The van der Waals surface area contributed by atoms with E-state index in [1.807, 2.05) is 6.92 Å². The standard InChI is InChI=1S/C8H9ClN2OS/c1-4-2-3-5(9)7(13)6(4)11-8(10)12/h2-3,13H,1H3,(H3,10,11,12). The SMILES string of the molecule is Cc1ccc(Cl)c(S)c1NC(N)=O. The zero-order chi connectivity index (χ0) is 10.0. The molecule has 3 nitrogen and oxygen atoms in total. The van der Waals surface area contributed by atoms with Crippen molar-refractivity contribution in [3.63, 3.8) is 0 Å². The lowest BCUT2D eigenvalue weighted by molar-refractivity contribution is 0.259. The van der Waals surface area contributed by atoms with E-state index in [4.69, 9.17) is 17.3 Å². The summed E-state index contributed by atoms with van der Waals surface area (Å²) in [7, 11) is 0. The number of nitrogens with two attached hydrogens (primary N) is 1. The van der Waals surface area contributed by atoms with Gasteiger partial charge >= 0.3 is 6.03 Å². The van der Waals surface area contributed by atoms with E-state index in [9.17, 15) is 4.79 Å². The molecule has 0 heterocycles. The minimum atomic E-state index is -0.624. The molecular weight excluding hydrogens is 208 g/mol. The Labute approximate surface area is 86.7 Å². The number of carbonyl (C=O) groups excluding carboxylic acids is 1. The Bertz CT molecular complexity index is 354. The molecule has 13 heavy (non-hydrogen) atoms. The number of aryl methyl sites for hydroxylation is 1. The fourth-order valence-electron chi connectivity index (χ4n) is 0.948. The number of thiol groups is 1. The molecule has 0 aliphatic rings. The molecule has 0 aromatic heterocycles. The van der Waals surface area contributed by atoms with E-state index in [2.05, 4.69) is 17.9 Å². The molecule has 0 fully saturated rings. The number of rotatable bonds is 1. The van der Waals surface area contributed by atoms with Gasteiger partial charge < -0.3 is 11.1 Å². The van der Waals surface area contributed by atoms with Crippen LogP contribution in [-0.4, -0.2) is 6.03 Å². The summed E-state index contributed by atoms with van der Waals surface area (Å²) in [5, 5.41) is 2.94. The number of hydrogen-bond donors (Lipinski definition) is 3. The van der Waals surface area contributed by atoms with Crippen molar-refractivity contribution in [2.45, 2.75) is 11.8 Å². The van der Waals surface area contributed by atoms with Crippen LogP contribution in [0.25, 0.3) is 0 Å². The minimum Gasteiger partial charge on any atom is -0.351 e. The number of urea groups is 1. The van der Waals surface area contributed by atoms with Gasteiger partial charge in [0.15, 0.2) is 0 Å². The van der Waals surface area contributed by atoms with Crippen LogP contribution in [0.3, 0.4) is 0 Å². The van der Waals surface area contributed by atoms with Crippen molar-refractivity contribution in [3.8, 4) is 0 Å². The second-order valence-corrected chi connectivity index (χ2v) is 3.43. The van der Waals surface area contributed by atoms with Crippen molar-refractivity contribution in [1.29, 1.82) is 0 Å². The summed E-state index contributed by atoms with van der Waals surface area (Å²) in [5.41, 5.74) is 6.41. The van der Waals surface area contributed by atoms with Crippen molar-refractivity contribution in [3.05, 3.63) is 22.7 Å². The van der Waals surface area contributed by atoms with E-state index in [1.165, 1.54) is 0 Å². The largest absolute Gasteiger partial charge is 0.351 e. The fraction of sp³-hybridized carbons (Fsp3) is 0.125. The van der Waals surface area contributed by atoms with Crippen LogP contribution >= 0.6 is 24.2 Å². The third kappa shape index (κ3) is 2.29. The maximum absolute atomic E-state index is 10.6. The van der Waals surface area contributed by atoms with Crippen LogP contribution in [0.5, 0.6) is 0 Å². The summed E-state index contributed by atoms with van der Waals surface area (Å²) in [6.07, 6.45) is 0. The fourth-order valence-corrected chi connectivity index (χ4v) is 1.41. The van der Waals surface area contributed by atoms with E-state index in [0.29, 0.717) is 15.6 Å². The first-order valence-electron chi connectivity index (χ1n) is 3.57. The molecule has 0 bridgehead atoms. The summed E-state index contributed by atoms with van der Waals surface area (Å²) in [4.78, 5) is 11.1. The van der Waals surface area contributed by atoms with Crippen LogP contribution in [0, 0.1) is 6.92 Å². The van der Waals surface area contributed by atoms with Gasteiger partial charge in [-0.2, -0.15) is 0 Å². The van der Waals surface area contributed by atoms with Gasteiger partial charge in [0.2, 0.25) is 0 Å². The van der Waals surface area contributed by atoms with Gasteiger partial charge in [0, 0.05) is 4.90 Å². The first-order valence-corrected chi connectivity index (χ1v) is 4.39. The topological polar surface area (TPSA) is 55.1 Å². The highest BCUT2D eigenvalue weighted by Gasteiger charge is 2.07. The third-order valence-electron chi connectivity index (χ3n) is 1.59. The molecule has 5 heteroatoms. The Hall–Kier alpha value is -0.870. The summed E-state index contributed by atoms with van der Waals surface area (Å²) in [5.74, 6) is 0. The lowest BCUT2D eigenvalue weighted by atomic mass is 10.2. The van der Waals surface area contributed by atoms with Gasteiger partial charge in [-0.3, -0.25) is 0 Å². The Morgan fingerprint density at radius 3 is 2.77 bits per heavy atom. The zero-order valence-corrected chi connectivity index (χ0v) is 8.62. The molecule has 0 aliphatic heterocycles. The van der Waals surface area contributed by atoms with Crippen LogP contribution in [0.4, 0.5) is 10.5 Å². The number of halogens is 1. The van der Waals surface area contributed by atoms with E-state index in [0.717, 1.165) is 5.56 Å². The van der Waals surface area contributed by atoms with Gasteiger partial charge in [0.1, 0.15) is 0 Å². The zero-order valence-electron chi connectivity index (χ0n) is 6.97. The van der Waals surface area contributed by atoms with Gasteiger partial charge in [0.25, 0.3) is 0 Å². The van der Waals surface area contributed by atoms with E-state index in [-0.39, 0.29) is 0 Å². The van der Waals surface area contributed by atoms with E-state index in [1.54, 1.807) is 12.1 Å². The number of hydrogen-bond acceptors (Lipinski definition) is 2. The molecule has 1 rings (SSSR count). The predicted octanol–water partition coefficient (Wildman–Crippen LogP) is 2.43. The number of primary amides is 1. The highest BCUT2D eigenvalue weighted by molar-refractivity contribution is 7.80. The number of nitrogens with one attached hydrogen (secondary N) is 1. The molecule has 70 valence electrons. The Morgan fingerprint density at radius 1 is 1.62 bits per heavy atom. The maximum Gasteiger partial charge on any atom is 0.316 e. The number of benzene rings is 1. The van der Waals surface area contributed by atoms with Crippen molar-refractivity contribution < 1.29 is 4.79 Å². The van der Waals surface area contributed by atoms with Gasteiger partial charge in [-0.25, -0.2) is 4.79 Å². The Kier molecular flexibility index (Phi) is 3.06. The minimum absolute atomic E-state index is 0.484. The highest BCUT2D eigenvalue weighted by atomic mass is 35.5.